The van der Waals surface area contributed by atoms with Crippen molar-refractivity contribution in [2.45, 2.75) is 19.0 Å². The van der Waals surface area contributed by atoms with E-state index in [1.807, 2.05) is 30.9 Å². The molecule has 3 N–H and O–H groups in total. The van der Waals surface area contributed by atoms with Crippen LogP contribution in [0.15, 0.2) is 55.5 Å². The molecule has 1 aliphatic rings. The van der Waals surface area contributed by atoms with E-state index >= 15 is 0 Å². The fourth-order valence-electron chi connectivity index (χ4n) is 4.16. The van der Waals surface area contributed by atoms with E-state index in [-0.39, 0.29) is 5.75 Å². The number of aromatic hydroxyl groups is 1. The third-order valence-corrected chi connectivity index (χ3v) is 5.69. The van der Waals surface area contributed by atoms with Crippen LogP contribution in [0.4, 0.5) is 5.82 Å². The van der Waals surface area contributed by atoms with Crippen LogP contribution in [0.5, 0.6) is 5.75 Å². The molecular weight excluding hydrogens is 366 g/mol. The lowest BCUT2D eigenvalue weighted by Crippen LogP contribution is -2.25. The molecule has 1 aromatic carbocycles. The Kier molecular flexibility index (Phi) is 4.40. The summed E-state index contributed by atoms with van der Waals surface area (Å²) in [7, 11) is 0. The molecule has 4 heterocycles. The van der Waals surface area contributed by atoms with E-state index in [2.05, 4.69) is 35.2 Å². The van der Waals surface area contributed by atoms with Gasteiger partial charge < -0.3 is 20.0 Å². The number of imidazole rings is 1. The molecule has 1 atom stereocenters. The molecule has 1 unspecified atom stereocenters. The molecule has 0 saturated carbocycles. The zero-order valence-electron chi connectivity index (χ0n) is 16.0. The van der Waals surface area contributed by atoms with Crippen molar-refractivity contribution in [2.24, 2.45) is 0 Å². The molecule has 3 aromatic heterocycles. The smallest absolute Gasteiger partial charge is 0.146 e. The van der Waals surface area contributed by atoms with Crippen molar-refractivity contribution in [1.82, 2.24) is 29.0 Å². The van der Waals surface area contributed by atoms with Crippen molar-refractivity contribution in [1.29, 1.82) is 0 Å². The van der Waals surface area contributed by atoms with Gasteiger partial charge in [-0.05, 0) is 24.1 Å². The number of rotatable bonds is 5. The van der Waals surface area contributed by atoms with E-state index in [0.29, 0.717) is 11.9 Å². The van der Waals surface area contributed by atoms with Gasteiger partial charge in [0.2, 0.25) is 0 Å². The van der Waals surface area contributed by atoms with Crippen LogP contribution in [-0.2, 0) is 6.54 Å². The summed E-state index contributed by atoms with van der Waals surface area (Å²) in [6.07, 6.45) is 10.4. The molecule has 1 aliphatic heterocycles. The van der Waals surface area contributed by atoms with Crippen molar-refractivity contribution >= 4 is 16.9 Å². The van der Waals surface area contributed by atoms with Crippen LogP contribution in [-0.4, -0.2) is 53.7 Å². The highest BCUT2D eigenvalue weighted by atomic mass is 16.3. The molecule has 8 nitrogen and oxygen atoms in total. The molecule has 0 amide bonds. The van der Waals surface area contributed by atoms with Crippen LogP contribution in [0, 0.1) is 0 Å². The first-order valence-corrected chi connectivity index (χ1v) is 9.77. The molecule has 1 fully saturated rings. The summed E-state index contributed by atoms with van der Waals surface area (Å²) in [5, 5.41) is 10.5. The first-order valence-electron chi connectivity index (χ1n) is 9.77. The summed E-state index contributed by atoms with van der Waals surface area (Å²) >= 11 is 0. The van der Waals surface area contributed by atoms with Gasteiger partial charge in [-0.1, -0.05) is 12.1 Å². The molecule has 0 aliphatic carbocycles. The number of nitrogens with two attached hydrogens (primary N) is 1. The van der Waals surface area contributed by atoms with Gasteiger partial charge >= 0.3 is 0 Å². The summed E-state index contributed by atoms with van der Waals surface area (Å²) < 4.78 is 4.35. The van der Waals surface area contributed by atoms with Gasteiger partial charge in [0.15, 0.2) is 0 Å². The summed E-state index contributed by atoms with van der Waals surface area (Å²) in [6, 6.07) is 7.50. The second-order valence-corrected chi connectivity index (χ2v) is 7.50. The number of nitrogen functional groups attached to an aromatic ring is 1. The number of benzene rings is 1. The second-order valence-electron chi connectivity index (χ2n) is 7.50. The van der Waals surface area contributed by atoms with Gasteiger partial charge in [-0.15, -0.1) is 0 Å². The van der Waals surface area contributed by atoms with E-state index in [4.69, 9.17) is 5.73 Å². The number of likely N-dealkylation sites (tertiary alicyclic amines) is 1. The van der Waals surface area contributed by atoms with E-state index in [9.17, 15) is 5.11 Å². The lowest BCUT2D eigenvalue weighted by Gasteiger charge is -2.17. The van der Waals surface area contributed by atoms with Gasteiger partial charge in [-0.2, -0.15) is 0 Å². The maximum atomic E-state index is 9.63. The molecule has 148 valence electrons. The number of anilines is 1. The second kappa shape index (κ2) is 7.21. The van der Waals surface area contributed by atoms with Crippen LogP contribution in [0.25, 0.3) is 22.2 Å². The van der Waals surface area contributed by atoms with Crippen molar-refractivity contribution in [3.8, 4) is 16.9 Å². The Balaban J connectivity index is 1.44. The predicted octanol–water partition coefficient (Wildman–Crippen LogP) is 2.53. The monoisotopic (exact) mass is 389 g/mol. The van der Waals surface area contributed by atoms with Gasteiger partial charge in [0.05, 0.1) is 11.7 Å². The molecule has 1 saturated heterocycles. The molecule has 0 bridgehead atoms. The Morgan fingerprint density at radius 1 is 1.14 bits per heavy atom. The lowest BCUT2D eigenvalue weighted by atomic mass is 10.1. The van der Waals surface area contributed by atoms with Crippen molar-refractivity contribution in [3.05, 3.63) is 55.5 Å². The average Bonchev–Trinajstić information content (AvgIpc) is 3.47. The molecule has 4 aromatic rings. The number of fused-ring (bicyclic) bond motifs is 1. The Bertz CT molecular complexity index is 1120. The number of nitrogens with zero attached hydrogens (tertiary/aromatic N) is 6. The number of hydrogen-bond donors (Lipinski definition) is 2. The quantitative estimate of drug-likeness (QED) is 0.544. The van der Waals surface area contributed by atoms with Crippen molar-refractivity contribution in [2.75, 3.05) is 25.4 Å². The average molecular weight is 389 g/mol. The normalized spacial score (nSPS) is 17.3. The number of phenols is 1. The highest BCUT2D eigenvalue weighted by Crippen LogP contribution is 2.36. The summed E-state index contributed by atoms with van der Waals surface area (Å²) in [4.78, 5) is 15.3. The third-order valence-electron chi connectivity index (χ3n) is 5.69. The zero-order valence-corrected chi connectivity index (χ0v) is 16.0. The van der Waals surface area contributed by atoms with E-state index < -0.39 is 0 Å². The van der Waals surface area contributed by atoms with Gasteiger partial charge in [0.1, 0.15) is 23.5 Å². The topological polar surface area (TPSA) is 98.0 Å². The highest BCUT2D eigenvalue weighted by molar-refractivity contribution is 6.00. The third kappa shape index (κ3) is 3.31. The number of phenolic OH excluding ortho intramolecular Hbond substituents is 1. The minimum Gasteiger partial charge on any atom is -0.508 e. The molecular formula is C21H23N7O. The van der Waals surface area contributed by atoms with Gasteiger partial charge in [-0.3, -0.25) is 4.90 Å². The van der Waals surface area contributed by atoms with E-state index in [0.717, 1.165) is 54.8 Å². The Morgan fingerprint density at radius 2 is 2.00 bits per heavy atom. The minimum absolute atomic E-state index is 0.242. The Labute approximate surface area is 168 Å². The first-order chi connectivity index (χ1) is 14.2. The predicted molar refractivity (Wildman–Crippen MR) is 111 cm³/mol. The lowest BCUT2D eigenvalue weighted by molar-refractivity contribution is 0.310. The molecule has 0 spiro atoms. The van der Waals surface area contributed by atoms with Crippen LogP contribution in [0.3, 0.4) is 0 Å². The standard InChI is InChI=1S/C21H23N7O/c22-20-19-18(15-1-3-17(29)4-2-15)12-28(21(19)25-13-24-20)16-5-7-26(11-16)9-10-27-8-6-23-14-27/h1-4,6,8,12-14,16,29H,5,7,9-11H2,(H2,22,24,25). The number of aromatic nitrogens is 5. The fourth-order valence-corrected chi connectivity index (χ4v) is 4.16. The van der Waals surface area contributed by atoms with Crippen LogP contribution >= 0.6 is 0 Å². The van der Waals surface area contributed by atoms with Crippen molar-refractivity contribution < 1.29 is 5.11 Å². The summed E-state index contributed by atoms with van der Waals surface area (Å²) in [5.41, 5.74) is 9.08. The van der Waals surface area contributed by atoms with Gasteiger partial charge in [0.25, 0.3) is 0 Å². The van der Waals surface area contributed by atoms with Crippen molar-refractivity contribution in [3.63, 3.8) is 0 Å². The molecule has 0 radical (unpaired) electrons. The van der Waals surface area contributed by atoms with E-state index in [1.165, 1.54) is 6.33 Å². The minimum atomic E-state index is 0.242. The fraction of sp³-hybridized carbons (Fsp3) is 0.286. The number of hydrogen-bond acceptors (Lipinski definition) is 6. The highest BCUT2D eigenvalue weighted by Gasteiger charge is 2.27. The summed E-state index contributed by atoms with van der Waals surface area (Å²) in [6.45, 7) is 3.95. The molecule has 5 rings (SSSR count). The molecule has 8 heteroatoms. The van der Waals surface area contributed by atoms with Crippen LogP contribution in [0.2, 0.25) is 0 Å². The largest absolute Gasteiger partial charge is 0.508 e. The Hall–Kier alpha value is -3.39. The maximum absolute atomic E-state index is 9.63. The van der Waals surface area contributed by atoms with Crippen LogP contribution < -0.4 is 5.73 Å². The first kappa shape index (κ1) is 17.7. The summed E-state index contributed by atoms with van der Waals surface area (Å²) in [5.74, 6) is 0.720. The maximum Gasteiger partial charge on any atom is 0.146 e. The van der Waals surface area contributed by atoms with Gasteiger partial charge in [-0.25, -0.2) is 15.0 Å². The Morgan fingerprint density at radius 3 is 2.79 bits per heavy atom. The zero-order chi connectivity index (χ0) is 19.8. The van der Waals surface area contributed by atoms with Crippen LogP contribution in [0.1, 0.15) is 12.5 Å². The van der Waals surface area contributed by atoms with Gasteiger partial charge in [0, 0.05) is 56.4 Å². The SMILES string of the molecule is Nc1ncnc2c1c(-c1ccc(O)cc1)cn2C1CCN(CCn2ccnc2)C1. The molecule has 29 heavy (non-hydrogen) atoms. The van der Waals surface area contributed by atoms with E-state index in [1.54, 1.807) is 12.1 Å².